The van der Waals surface area contributed by atoms with Crippen molar-refractivity contribution in [2.24, 2.45) is 4.99 Å². The Kier molecular flexibility index (Phi) is 4.67. The number of allylic oxidation sites excluding steroid dienone is 1. The Morgan fingerprint density at radius 1 is 0.962 bits per heavy atom. The van der Waals surface area contributed by atoms with Crippen molar-refractivity contribution in [3.05, 3.63) is 66.9 Å². The van der Waals surface area contributed by atoms with E-state index < -0.39 is 0 Å². The molecule has 0 aromatic carbocycles. The van der Waals surface area contributed by atoms with Crippen LogP contribution in [0, 0.1) is 0 Å². The summed E-state index contributed by atoms with van der Waals surface area (Å²) in [6.45, 7) is 5.22. The summed E-state index contributed by atoms with van der Waals surface area (Å²) in [4.78, 5) is 20.3. The zero-order chi connectivity index (χ0) is 17.9. The lowest BCUT2D eigenvalue weighted by atomic mass is 10.1. The van der Waals surface area contributed by atoms with E-state index in [1.165, 1.54) is 5.69 Å². The predicted octanol–water partition coefficient (Wildman–Crippen LogP) is 2.22. The SMILES string of the molecule is C[C@@H]1CN(c2ccncc2)CCN1C1N=C(c2ccncc2)C=CN1C. The van der Waals surface area contributed by atoms with Crippen LogP contribution in [0.2, 0.25) is 0 Å². The molecule has 26 heavy (non-hydrogen) atoms. The van der Waals surface area contributed by atoms with Gasteiger partial charge in [-0.1, -0.05) is 0 Å². The van der Waals surface area contributed by atoms with Gasteiger partial charge in [-0.15, -0.1) is 0 Å². The summed E-state index contributed by atoms with van der Waals surface area (Å²) in [7, 11) is 2.09. The average Bonchev–Trinajstić information content (AvgIpc) is 2.70. The molecular weight excluding hydrogens is 324 g/mol. The normalized spacial score (nSPS) is 23.8. The largest absolute Gasteiger partial charge is 0.369 e. The number of aromatic nitrogens is 2. The summed E-state index contributed by atoms with van der Waals surface area (Å²) in [6.07, 6.45) is 11.6. The second-order valence-electron chi connectivity index (χ2n) is 6.82. The summed E-state index contributed by atoms with van der Waals surface area (Å²) < 4.78 is 0. The smallest absolute Gasteiger partial charge is 0.179 e. The molecule has 0 spiro atoms. The average molecular weight is 348 g/mol. The molecule has 4 heterocycles. The van der Waals surface area contributed by atoms with Crippen molar-refractivity contribution < 1.29 is 0 Å². The third kappa shape index (κ3) is 3.32. The van der Waals surface area contributed by atoms with Crippen molar-refractivity contribution in [1.29, 1.82) is 0 Å². The van der Waals surface area contributed by atoms with Crippen molar-refractivity contribution in [2.45, 2.75) is 19.3 Å². The summed E-state index contributed by atoms with van der Waals surface area (Å²) >= 11 is 0. The second-order valence-corrected chi connectivity index (χ2v) is 6.82. The van der Waals surface area contributed by atoms with Crippen molar-refractivity contribution in [2.75, 3.05) is 31.6 Å². The number of pyridine rings is 2. The lowest BCUT2D eigenvalue weighted by Crippen LogP contribution is -2.58. The van der Waals surface area contributed by atoms with Crippen LogP contribution in [0.3, 0.4) is 0 Å². The molecule has 0 radical (unpaired) electrons. The monoisotopic (exact) mass is 348 g/mol. The highest BCUT2D eigenvalue weighted by Crippen LogP contribution is 2.23. The molecule has 0 saturated carbocycles. The van der Waals surface area contributed by atoms with Gasteiger partial charge in [-0.2, -0.15) is 0 Å². The summed E-state index contributed by atoms with van der Waals surface area (Å²) in [5.74, 6) is 0. The standard InChI is InChI=1S/C20H24N6/c1-16-15-25(18-5-10-22-11-6-18)13-14-26(16)20-23-19(7-12-24(20)2)17-3-8-21-9-4-17/h3-12,16,20H,13-15H2,1-2H3/t16-,20?/m1/s1. The van der Waals surface area contributed by atoms with Gasteiger partial charge >= 0.3 is 0 Å². The molecule has 4 rings (SSSR count). The fourth-order valence-electron chi connectivity index (χ4n) is 3.63. The van der Waals surface area contributed by atoms with Crippen LogP contribution in [0.5, 0.6) is 0 Å². The van der Waals surface area contributed by atoms with E-state index in [2.05, 4.69) is 63.0 Å². The molecular formula is C20H24N6. The first-order valence-corrected chi connectivity index (χ1v) is 9.01. The fourth-order valence-corrected chi connectivity index (χ4v) is 3.63. The molecule has 0 amide bonds. The van der Waals surface area contributed by atoms with Crippen molar-refractivity contribution in [1.82, 2.24) is 19.8 Å². The maximum Gasteiger partial charge on any atom is 0.179 e. The molecule has 2 atom stereocenters. The Morgan fingerprint density at radius 3 is 2.35 bits per heavy atom. The fraction of sp³-hybridized carbons (Fsp3) is 0.350. The third-order valence-electron chi connectivity index (χ3n) is 5.07. The first-order valence-electron chi connectivity index (χ1n) is 9.01. The highest BCUT2D eigenvalue weighted by atomic mass is 15.5. The van der Waals surface area contributed by atoms with Gasteiger partial charge in [0.05, 0.1) is 5.71 Å². The van der Waals surface area contributed by atoms with E-state index in [9.17, 15) is 0 Å². The summed E-state index contributed by atoms with van der Waals surface area (Å²) in [5.41, 5.74) is 3.36. The van der Waals surface area contributed by atoms with E-state index >= 15 is 0 Å². The van der Waals surface area contributed by atoms with E-state index in [-0.39, 0.29) is 6.29 Å². The molecule has 2 aliphatic rings. The minimum absolute atomic E-state index is 0.0257. The van der Waals surface area contributed by atoms with E-state index in [1.807, 2.05) is 36.9 Å². The maximum absolute atomic E-state index is 5.03. The lowest BCUT2D eigenvalue weighted by Gasteiger charge is -2.46. The Bertz CT molecular complexity index is 788. The van der Waals surface area contributed by atoms with E-state index in [0.717, 1.165) is 30.9 Å². The van der Waals surface area contributed by atoms with Gasteiger partial charge in [0, 0.05) is 75.0 Å². The van der Waals surface area contributed by atoms with Gasteiger partial charge in [0.25, 0.3) is 0 Å². The molecule has 134 valence electrons. The van der Waals surface area contributed by atoms with Crippen LogP contribution in [-0.2, 0) is 0 Å². The highest BCUT2D eigenvalue weighted by Gasteiger charge is 2.32. The van der Waals surface area contributed by atoms with Crippen molar-refractivity contribution in [3.63, 3.8) is 0 Å². The molecule has 0 aliphatic carbocycles. The highest BCUT2D eigenvalue weighted by molar-refractivity contribution is 6.08. The summed E-state index contributed by atoms with van der Waals surface area (Å²) in [6, 6.07) is 8.58. The van der Waals surface area contributed by atoms with Gasteiger partial charge < -0.3 is 9.80 Å². The van der Waals surface area contributed by atoms with Gasteiger partial charge in [-0.3, -0.25) is 14.9 Å². The number of nitrogens with zero attached hydrogens (tertiary/aromatic N) is 6. The lowest BCUT2D eigenvalue weighted by molar-refractivity contribution is 0.0544. The number of hydrogen-bond acceptors (Lipinski definition) is 6. The Hall–Kier alpha value is -2.73. The van der Waals surface area contributed by atoms with Crippen molar-refractivity contribution in [3.8, 4) is 0 Å². The molecule has 0 bridgehead atoms. The summed E-state index contributed by atoms with van der Waals surface area (Å²) in [5, 5.41) is 0. The van der Waals surface area contributed by atoms with Crippen LogP contribution >= 0.6 is 0 Å². The number of piperazine rings is 1. The van der Waals surface area contributed by atoms with Gasteiger partial charge in [0.15, 0.2) is 6.29 Å². The first kappa shape index (κ1) is 16.7. The third-order valence-corrected chi connectivity index (χ3v) is 5.07. The minimum atomic E-state index is 0.0257. The van der Waals surface area contributed by atoms with Gasteiger partial charge in [-0.05, 0) is 37.3 Å². The van der Waals surface area contributed by atoms with E-state index in [1.54, 1.807) is 0 Å². The van der Waals surface area contributed by atoms with Crippen LogP contribution in [0.25, 0.3) is 0 Å². The Labute approximate surface area is 154 Å². The predicted molar refractivity (Wildman–Crippen MR) is 104 cm³/mol. The second kappa shape index (κ2) is 7.25. The minimum Gasteiger partial charge on any atom is -0.369 e. The van der Waals surface area contributed by atoms with E-state index in [0.29, 0.717) is 6.04 Å². The molecule has 1 unspecified atom stereocenters. The van der Waals surface area contributed by atoms with E-state index in [4.69, 9.17) is 4.99 Å². The number of aliphatic imine (C=N–C) groups is 1. The first-order chi connectivity index (χ1) is 12.7. The molecule has 6 heteroatoms. The molecule has 0 N–H and O–H groups in total. The topological polar surface area (TPSA) is 47.9 Å². The van der Waals surface area contributed by atoms with Gasteiger partial charge in [0.1, 0.15) is 0 Å². The molecule has 6 nitrogen and oxygen atoms in total. The zero-order valence-corrected chi connectivity index (χ0v) is 15.2. The zero-order valence-electron chi connectivity index (χ0n) is 15.2. The quantitative estimate of drug-likeness (QED) is 0.851. The molecule has 2 aliphatic heterocycles. The van der Waals surface area contributed by atoms with Gasteiger partial charge in [-0.25, -0.2) is 4.99 Å². The number of rotatable bonds is 3. The maximum atomic E-state index is 5.03. The van der Waals surface area contributed by atoms with Gasteiger partial charge in [0.2, 0.25) is 0 Å². The van der Waals surface area contributed by atoms with Crippen LogP contribution in [-0.4, -0.2) is 64.5 Å². The number of hydrogen-bond donors (Lipinski definition) is 0. The Morgan fingerprint density at radius 2 is 1.65 bits per heavy atom. The van der Waals surface area contributed by atoms with Crippen LogP contribution < -0.4 is 4.90 Å². The Balaban J connectivity index is 1.52. The van der Waals surface area contributed by atoms with Crippen LogP contribution in [0.15, 0.2) is 66.3 Å². The molecule has 2 aromatic rings. The molecule has 1 saturated heterocycles. The van der Waals surface area contributed by atoms with Crippen LogP contribution in [0.4, 0.5) is 5.69 Å². The number of anilines is 1. The van der Waals surface area contributed by atoms with Crippen LogP contribution in [0.1, 0.15) is 12.5 Å². The molecule has 2 aromatic heterocycles. The van der Waals surface area contributed by atoms with Crippen molar-refractivity contribution >= 4 is 11.4 Å². The molecule has 1 fully saturated rings.